The summed E-state index contributed by atoms with van der Waals surface area (Å²) in [5.41, 5.74) is 3.86. The average molecular weight is 342 g/mol. The Morgan fingerprint density at radius 2 is 2.12 bits per heavy atom. The third-order valence-electron chi connectivity index (χ3n) is 4.49. The van der Waals surface area contributed by atoms with E-state index in [2.05, 4.69) is 22.2 Å². The van der Waals surface area contributed by atoms with Crippen LogP contribution in [0, 0.1) is 0 Å². The largest absolute Gasteiger partial charge is 0.379 e. The van der Waals surface area contributed by atoms with Crippen molar-refractivity contribution in [3.8, 4) is 11.1 Å². The molecule has 1 aromatic carbocycles. The van der Waals surface area contributed by atoms with Crippen molar-refractivity contribution in [3.05, 3.63) is 41.7 Å². The van der Waals surface area contributed by atoms with E-state index in [-0.39, 0.29) is 5.91 Å². The number of ether oxygens (including phenoxy) is 1. The van der Waals surface area contributed by atoms with Crippen LogP contribution in [0.4, 0.5) is 0 Å². The summed E-state index contributed by atoms with van der Waals surface area (Å²) in [6.07, 6.45) is 2.88. The first-order valence-electron chi connectivity index (χ1n) is 8.88. The molecule has 0 bridgehead atoms. The van der Waals surface area contributed by atoms with Gasteiger partial charge in [0, 0.05) is 50.6 Å². The summed E-state index contributed by atoms with van der Waals surface area (Å²) in [5, 5.41) is 7.50. The summed E-state index contributed by atoms with van der Waals surface area (Å²) >= 11 is 0. The highest BCUT2D eigenvalue weighted by Gasteiger charge is 2.13. The van der Waals surface area contributed by atoms with Crippen LogP contribution in [0.3, 0.4) is 0 Å². The van der Waals surface area contributed by atoms with E-state index < -0.39 is 0 Å². The van der Waals surface area contributed by atoms with E-state index in [1.54, 1.807) is 0 Å². The molecule has 0 aliphatic carbocycles. The highest BCUT2D eigenvalue weighted by Crippen LogP contribution is 2.24. The molecule has 134 valence electrons. The fourth-order valence-electron chi connectivity index (χ4n) is 3.12. The van der Waals surface area contributed by atoms with Gasteiger partial charge in [-0.1, -0.05) is 19.1 Å². The Morgan fingerprint density at radius 1 is 1.32 bits per heavy atom. The first-order valence-corrected chi connectivity index (χ1v) is 8.88. The molecule has 0 spiro atoms. The predicted molar refractivity (Wildman–Crippen MR) is 97.6 cm³/mol. The molecule has 1 aliphatic rings. The number of amides is 1. The van der Waals surface area contributed by atoms with Crippen molar-refractivity contribution in [2.24, 2.45) is 7.05 Å². The minimum atomic E-state index is -0.0305. The number of aromatic nitrogens is 2. The summed E-state index contributed by atoms with van der Waals surface area (Å²) in [6, 6.07) is 7.76. The second kappa shape index (κ2) is 8.27. The molecule has 1 fully saturated rings. The summed E-state index contributed by atoms with van der Waals surface area (Å²) in [6.45, 7) is 7.03. The molecule has 2 aromatic rings. The molecular formula is C19H26N4O2. The van der Waals surface area contributed by atoms with Crippen molar-refractivity contribution >= 4 is 5.91 Å². The summed E-state index contributed by atoms with van der Waals surface area (Å²) in [4.78, 5) is 14.8. The second-order valence-electron chi connectivity index (χ2n) is 6.31. The molecule has 0 atom stereocenters. The summed E-state index contributed by atoms with van der Waals surface area (Å²) in [7, 11) is 1.92. The molecule has 1 saturated heterocycles. The van der Waals surface area contributed by atoms with Gasteiger partial charge in [-0.25, -0.2) is 0 Å². The van der Waals surface area contributed by atoms with Gasteiger partial charge in [0.2, 0.25) is 0 Å². The number of hydrogen-bond acceptors (Lipinski definition) is 4. The lowest BCUT2D eigenvalue weighted by molar-refractivity contribution is 0.0383. The van der Waals surface area contributed by atoms with Crippen LogP contribution in [0.25, 0.3) is 11.1 Å². The summed E-state index contributed by atoms with van der Waals surface area (Å²) in [5.74, 6) is -0.0305. The third-order valence-corrected chi connectivity index (χ3v) is 4.49. The molecule has 0 radical (unpaired) electrons. The molecule has 1 aromatic heterocycles. The molecule has 2 heterocycles. The van der Waals surface area contributed by atoms with Gasteiger partial charge < -0.3 is 10.1 Å². The monoisotopic (exact) mass is 342 g/mol. The first-order chi connectivity index (χ1) is 12.2. The van der Waals surface area contributed by atoms with Crippen LogP contribution < -0.4 is 5.32 Å². The maximum Gasteiger partial charge on any atom is 0.251 e. The lowest BCUT2D eigenvalue weighted by Crippen LogP contribution is -2.41. The topological polar surface area (TPSA) is 59.4 Å². The van der Waals surface area contributed by atoms with Gasteiger partial charge in [-0.2, -0.15) is 5.10 Å². The normalized spacial score (nSPS) is 15.3. The fraction of sp³-hybridized carbons (Fsp3) is 0.474. The Kier molecular flexibility index (Phi) is 5.83. The quantitative estimate of drug-likeness (QED) is 0.868. The molecule has 0 unspecified atom stereocenters. The van der Waals surface area contributed by atoms with Crippen molar-refractivity contribution < 1.29 is 9.53 Å². The number of morpholine rings is 1. The predicted octanol–water partition coefficient (Wildman–Crippen LogP) is 1.71. The van der Waals surface area contributed by atoms with Gasteiger partial charge in [0.05, 0.1) is 18.9 Å². The average Bonchev–Trinajstić information content (AvgIpc) is 3.03. The van der Waals surface area contributed by atoms with E-state index >= 15 is 0 Å². The molecule has 1 aliphatic heterocycles. The van der Waals surface area contributed by atoms with Crippen LogP contribution in [0.15, 0.2) is 30.5 Å². The number of nitrogens with one attached hydrogen (secondary N) is 1. The number of hydrogen-bond donors (Lipinski definition) is 1. The smallest absolute Gasteiger partial charge is 0.251 e. The van der Waals surface area contributed by atoms with Gasteiger partial charge in [0.15, 0.2) is 0 Å². The van der Waals surface area contributed by atoms with E-state index in [1.807, 2.05) is 42.2 Å². The molecule has 6 nitrogen and oxygen atoms in total. The van der Waals surface area contributed by atoms with Gasteiger partial charge in [-0.05, 0) is 24.1 Å². The lowest BCUT2D eigenvalue weighted by Gasteiger charge is -2.26. The third kappa shape index (κ3) is 4.46. The van der Waals surface area contributed by atoms with Crippen LogP contribution in [0.2, 0.25) is 0 Å². The molecule has 25 heavy (non-hydrogen) atoms. The zero-order chi connectivity index (χ0) is 17.6. The van der Waals surface area contributed by atoms with Gasteiger partial charge in [0.25, 0.3) is 5.91 Å². The SMILES string of the molecule is CCc1nn(C)cc1-c1cccc(C(=O)NCCN2CCOCC2)c1. The first kappa shape index (κ1) is 17.6. The maximum absolute atomic E-state index is 12.5. The minimum absolute atomic E-state index is 0.0305. The maximum atomic E-state index is 12.5. The van der Waals surface area contributed by atoms with Gasteiger partial charge in [0.1, 0.15) is 0 Å². The fourth-order valence-corrected chi connectivity index (χ4v) is 3.12. The highest BCUT2D eigenvalue weighted by atomic mass is 16.5. The van der Waals surface area contributed by atoms with Crippen molar-refractivity contribution in [1.29, 1.82) is 0 Å². The Bertz CT molecular complexity index is 720. The molecule has 1 N–H and O–H groups in total. The van der Waals surface area contributed by atoms with E-state index in [0.29, 0.717) is 12.1 Å². The van der Waals surface area contributed by atoms with Gasteiger partial charge in [-0.15, -0.1) is 0 Å². The minimum Gasteiger partial charge on any atom is -0.379 e. The van der Waals surface area contributed by atoms with Crippen LogP contribution in [0.1, 0.15) is 23.0 Å². The number of rotatable bonds is 6. The van der Waals surface area contributed by atoms with Gasteiger partial charge >= 0.3 is 0 Å². The Morgan fingerprint density at radius 3 is 2.88 bits per heavy atom. The highest BCUT2D eigenvalue weighted by molar-refractivity contribution is 5.95. The Labute approximate surface area is 148 Å². The van der Waals surface area contributed by atoms with E-state index in [0.717, 1.165) is 56.1 Å². The molecular weight excluding hydrogens is 316 g/mol. The number of nitrogens with zero attached hydrogens (tertiary/aromatic N) is 3. The Hall–Kier alpha value is -2.18. The molecule has 3 rings (SSSR count). The Balaban J connectivity index is 1.63. The second-order valence-corrected chi connectivity index (χ2v) is 6.31. The van der Waals surface area contributed by atoms with Crippen molar-refractivity contribution in [2.75, 3.05) is 39.4 Å². The molecule has 1 amide bonds. The van der Waals surface area contributed by atoms with Gasteiger partial charge in [-0.3, -0.25) is 14.4 Å². The zero-order valence-electron chi connectivity index (χ0n) is 15.0. The standard InChI is InChI=1S/C19H26N4O2/c1-3-18-17(14-22(2)21-18)15-5-4-6-16(13-15)19(24)20-7-8-23-9-11-25-12-10-23/h4-6,13-14H,3,7-12H2,1-2H3,(H,20,24). The van der Waals surface area contributed by atoms with Crippen LogP contribution in [-0.4, -0.2) is 60.0 Å². The lowest BCUT2D eigenvalue weighted by atomic mass is 10.0. The van der Waals surface area contributed by atoms with Crippen LogP contribution in [0.5, 0.6) is 0 Å². The summed E-state index contributed by atoms with van der Waals surface area (Å²) < 4.78 is 7.16. The molecule has 6 heteroatoms. The van der Waals surface area contributed by atoms with Crippen molar-refractivity contribution in [1.82, 2.24) is 20.0 Å². The number of aryl methyl sites for hydroxylation is 2. The number of carbonyl (C=O) groups excluding carboxylic acids is 1. The van der Waals surface area contributed by atoms with Crippen molar-refractivity contribution in [3.63, 3.8) is 0 Å². The van der Waals surface area contributed by atoms with E-state index in [4.69, 9.17) is 4.74 Å². The molecule has 0 saturated carbocycles. The van der Waals surface area contributed by atoms with E-state index in [1.165, 1.54) is 0 Å². The zero-order valence-corrected chi connectivity index (χ0v) is 15.0. The van der Waals surface area contributed by atoms with Crippen LogP contribution in [-0.2, 0) is 18.2 Å². The van der Waals surface area contributed by atoms with E-state index in [9.17, 15) is 4.79 Å². The number of carbonyl (C=O) groups is 1. The van der Waals surface area contributed by atoms with Crippen LogP contribution >= 0.6 is 0 Å². The number of benzene rings is 1. The van der Waals surface area contributed by atoms with Crippen molar-refractivity contribution in [2.45, 2.75) is 13.3 Å².